The minimum atomic E-state index is -0.493. The third kappa shape index (κ3) is 6.32. The number of benzene rings is 1. The molecule has 3 aromatic heterocycles. The molecule has 0 spiro atoms. The molecular weight excluding hydrogens is 593 g/mol. The van der Waals surface area contributed by atoms with Crippen LogP contribution in [0.1, 0.15) is 43.4 Å². The summed E-state index contributed by atoms with van der Waals surface area (Å²) >= 11 is 3.55. The van der Waals surface area contributed by atoms with Crippen LogP contribution in [0.3, 0.4) is 0 Å². The van der Waals surface area contributed by atoms with E-state index in [1.54, 1.807) is 18.5 Å². The first-order chi connectivity index (χ1) is 19.9. The van der Waals surface area contributed by atoms with Crippen LogP contribution < -0.4 is 9.47 Å². The molecule has 0 unspecified atom stereocenters. The molecule has 0 aliphatic carbocycles. The van der Waals surface area contributed by atoms with E-state index in [0.29, 0.717) is 11.7 Å². The van der Waals surface area contributed by atoms with Crippen molar-refractivity contribution in [2.45, 2.75) is 64.1 Å². The van der Waals surface area contributed by atoms with E-state index in [9.17, 15) is 9.65 Å². The van der Waals surface area contributed by atoms with E-state index in [0.717, 1.165) is 73.0 Å². The number of aromatic nitrogens is 5. The Hall–Kier alpha value is -3.66. The van der Waals surface area contributed by atoms with Gasteiger partial charge in [-0.1, -0.05) is 0 Å². The van der Waals surface area contributed by atoms with Crippen molar-refractivity contribution in [3.63, 3.8) is 0 Å². The summed E-state index contributed by atoms with van der Waals surface area (Å²) in [6.07, 6.45) is 6.37. The van der Waals surface area contributed by atoms with Crippen LogP contribution in [0.4, 0.5) is 4.39 Å². The highest BCUT2D eigenvalue weighted by Crippen LogP contribution is 2.27. The Labute approximate surface area is 245 Å². The van der Waals surface area contributed by atoms with E-state index in [4.69, 9.17) is 19.2 Å². The lowest BCUT2D eigenvalue weighted by Crippen LogP contribution is -2.44. The van der Waals surface area contributed by atoms with E-state index in [-0.39, 0.29) is 36.2 Å². The van der Waals surface area contributed by atoms with Gasteiger partial charge in [-0.15, -0.1) is 0 Å². The van der Waals surface area contributed by atoms with Crippen LogP contribution in [-0.2, 0) is 24.4 Å². The molecule has 2 saturated heterocycles. The van der Waals surface area contributed by atoms with Gasteiger partial charge in [0.2, 0.25) is 5.88 Å². The number of hydrogen-bond acceptors (Lipinski definition) is 9. The summed E-state index contributed by atoms with van der Waals surface area (Å²) in [5.74, 6) is 1.67. The fraction of sp³-hybridized carbons (Fsp3) is 0.414. The number of nitrogens with zero attached hydrogens (tertiary/aromatic N) is 7. The highest BCUT2D eigenvalue weighted by molar-refractivity contribution is 9.10. The molecule has 212 valence electrons. The fourth-order valence-corrected chi connectivity index (χ4v) is 5.55. The summed E-state index contributed by atoms with van der Waals surface area (Å²) in [5, 5.41) is 9.23. The van der Waals surface area contributed by atoms with Crippen molar-refractivity contribution < 1.29 is 18.6 Å². The van der Waals surface area contributed by atoms with Crippen LogP contribution in [0.15, 0.2) is 47.2 Å². The maximum atomic E-state index is 13.4. The SMILES string of the molecule is C[C@H]1C[C@@H](Oc2ccnc(COc3ccc(F)cc3C#N)n2)CCN1Cc1nc2ncc(Br)cc2n1C[C@@H]1CCO1. The molecule has 0 amide bonds. The Morgan fingerprint density at radius 2 is 2.07 bits per heavy atom. The van der Waals surface area contributed by atoms with Gasteiger partial charge in [-0.2, -0.15) is 10.2 Å². The Balaban J connectivity index is 1.08. The predicted molar refractivity (Wildman–Crippen MR) is 151 cm³/mol. The Bertz CT molecular complexity index is 1590. The van der Waals surface area contributed by atoms with E-state index in [1.165, 1.54) is 12.1 Å². The number of hydrogen-bond donors (Lipinski definition) is 0. The molecule has 5 heterocycles. The molecule has 0 bridgehead atoms. The van der Waals surface area contributed by atoms with Crippen LogP contribution in [0.25, 0.3) is 11.2 Å². The molecular formula is C29H29BrFN7O3. The zero-order chi connectivity index (χ0) is 28.3. The highest BCUT2D eigenvalue weighted by Gasteiger charge is 2.29. The van der Waals surface area contributed by atoms with E-state index in [1.807, 2.05) is 6.07 Å². The molecule has 0 radical (unpaired) electrons. The highest BCUT2D eigenvalue weighted by atomic mass is 79.9. The third-order valence-electron chi connectivity index (χ3n) is 7.53. The second-order valence-corrected chi connectivity index (χ2v) is 11.3. The van der Waals surface area contributed by atoms with Gasteiger partial charge in [0.1, 0.15) is 36.2 Å². The Morgan fingerprint density at radius 1 is 1.20 bits per heavy atom. The van der Waals surface area contributed by atoms with Crippen LogP contribution in [-0.4, -0.2) is 60.8 Å². The van der Waals surface area contributed by atoms with Gasteiger partial charge in [-0.05, 0) is 66.4 Å². The number of pyridine rings is 1. The van der Waals surface area contributed by atoms with Crippen molar-refractivity contribution in [2.24, 2.45) is 0 Å². The number of ether oxygens (including phenoxy) is 3. The van der Waals surface area contributed by atoms with Crippen molar-refractivity contribution in [2.75, 3.05) is 13.2 Å². The summed E-state index contributed by atoms with van der Waals surface area (Å²) < 4.78 is 34.2. The number of halogens is 2. The minimum Gasteiger partial charge on any atom is -0.484 e. The zero-order valence-corrected chi connectivity index (χ0v) is 24.1. The summed E-state index contributed by atoms with van der Waals surface area (Å²) in [4.78, 5) is 20.6. The first-order valence-corrected chi connectivity index (χ1v) is 14.4. The fourth-order valence-electron chi connectivity index (χ4n) is 5.23. The number of nitriles is 1. The lowest BCUT2D eigenvalue weighted by molar-refractivity contribution is -0.0593. The van der Waals surface area contributed by atoms with Crippen molar-refractivity contribution in [3.8, 4) is 17.7 Å². The molecule has 3 atom stereocenters. The monoisotopic (exact) mass is 621 g/mol. The first-order valence-electron chi connectivity index (χ1n) is 13.6. The minimum absolute atomic E-state index is 0.00650. The van der Waals surface area contributed by atoms with Crippen LogP contribution in [0, 0.1) is 17.1 Å². The van der Waals surface area contributed by atoms with E-state index >= 15 is 0 Å². The Morgan fingerprint density at radius 3 is 2.85 bits per heavy atom. The second-order valence-electron chi connectivity index (χ2n) is 10.4. The molecule has 2 aliphatic rings. The lowest BCUT2D eigenvalue weighted by Gasteiger charge is -2.37. The van der Waals surface area contributed by atoms with Gasteiger partial charge < -0.3 is 18.8 Å². The van der Waals surface area contributed by atoms with Crippen LogP contribution in [0.2, 0.25) is 0 Å². The molecule has 2 fully saturated rings. The molecule has 6 rings (SSSR count). The van der Waals surface area contributed by atoms with Gasteiger partial charge >= 0.3 is 0 Å². The van der Waals surface area contributed by atoms with Crippen LogP contribution >= 0.6 is 15.9 Å². The molecule has 4 aromatic rings. The normalized spacial score (nSPS) is 20.9. The summed E-state index contributed by atoms with van der Waals surface area (Å²) in [6.45, 7) is 5.41. The number of imidazole rings is 1. The summed E-state index contributed by atoms with van der Waals surface area (Å²) in [5.41, 5.74) is 1.89. The summed E-state index contributed by atoms with van der Waals surface area (Å²) in [7, 11) is 0. The molecule has 41 heavy (non-hydrogen) atoms. The Kier molecular flexibility index (Phi) is 8.09. The molecule has 12 heteroatoms. The average molecular weight is 622 g/mol. The largest absolute Gasteiger partial charge is 0.484 e. The first kappa shape index (κ1) is 27.5. The smallest absolute Gasteiger partial charge is 0.216 e. The van der Waals surface area contributed by atoms with Crippen molar-refractivity contribution in [1.82, 2.24) is 29.4 Å². The summed E-state index contributed by atoms with van der Waals surface area (Å²) in [6, 6.07) is 9.82. The van der Waals surface area contributed by atoms with Crippen molar-refractivity contribution >= 4 is 27.1 Å². The van der Waals surface area contributed by atoms with Gasteiger partial charge in [0, 0.05) is 42.1 Å². The topological polar surface area (TPSA) is 111 Å². The van der Waals surface area contributed by atoms with Crippen LogP contribution in [0.5, 0.6) is 11.6 Å². The molecule has 0 N–H and O–H groups in total. The van der Waals surface area contributed by atoms with Gasteiger partial charge in [0.05, 0.1) is 30.3 Å². The van der Waals surface area contributed by atoms with Gasteiger partial charge in [0.25, 0.3) is 0 Å². The third-order valence-corrected chi connectivity index (χ3v) is 7.96. The van der Waals surface area contributed by atoms with Crippen molar-refractivity contribution in [3.05, 3.63) is 70.2 Å². The maximum absolute atomic E-state index is 13.4. The van der Waals surface area contributed by atoms with Crippen molar-refractivity contribution in [1.29, 1.82) is 5.26 Å². The molecule has 0 saturated carbocycles. The number of rotatable bonds is 9. The number of fused-ring (bicyclic) bond motifs is 1. The quantitative estimate of drug-likeness (QED) is 0.260. The number of likely N-dealkylation sites (tertiary alicyclic amines) is 1. The lowest BCUT2D eigenvalue weighted by atomic mass is 10.0. The number of piperidine rings is 1. The molecule has 2 aliphatic heterocycles. The molecule has 10 nitrogen and oxygen atoms in total. The van der Waals surface area contributed by atoms with Gasteiger partial charge in [0.15, 0.2) is 11.5 Å². The zero-order valence-electron chi connectivity index (χ0n) is 22.5. The van der Waals surface area contributed by atoms with E-state index in [2.05, 4.69) is 53.3 Å². The molecule has 1 aromatic carbocycles. The average Bonchev–Trinajstić information content (AvgIpc) is 3.27. The standard InChI is InChI=1S/C29H29BrFN7O3/c1-18-10-22(41-28-4-7-33-26(35-28)17-40-25-3-2-21(31)11-19(25)13-32)5-8-37(18)16-27-36-29-24(12-20(30)14-34-29)38(27)15-23-6-9-39-23/h2-4,7,11-12,14,18,22-23H,5-6,8-10,15-17H2,1H3/t18-,22-,23-/m0/s1. The van der Waals surface area contributed by atoms with Gasteiger partial charge in [-0.3, -0.25) is 4.90 Å². The van der Waals surface area contributed by atoms with E-state index < -0.39 is 5.82 Å². The second kappa shape index (κ2) is 12.1. The predicted octanol–water partition coefficient (Wildman–Crippen LogP) is 4.79. The van der Waals surface area contributed by atoms with Gasteiger partial charge in [-0.25, -0.2) is 19.3 Å². The maximum Gasteiger partial charge on any atom is 0.216 e.